The third kappa shape index (κ3) is 4.23. The maximum atomic E-state index is 12.0. The highest BCUT2D eigenvalue weighted by Gasteiger charge is 2.16. The number of phenols is 1. The Morgan fingerprint density at radius 3 is 2.24 bits per heavy atom. The molecule has 0 fully saturated rings. The molecule has 25 heavy (non-hydrogen) atoms. The SMILES string of the molecule is C/C(=N/NC(=O)c1ccccc1O)c1ccc(S(=O)(=O)N(C)C)cc1. The molecule has 1 amide bonds. The standard InChI is InChI=1S/C17H19N3O4S/c1-12(18-19-17(22)15-6-4-5-7-16(15)21)13-8-10-14(11-9-13)25(23,24)20(2)3/h4-11,21H,1-3H3,(H,19,22)/b18-12-. The first-order valence-corrected chi connectivity index (χ1v) is 8.83. The van der Waals surface area contributed by atoms with Crippen molar-refractivity contribution in [2.45, 2.75) is 11.8 Å². The summed E-state index contributed by atoms with van der Waals surface area (Å²) in [6, 6.07) is 12.3. The Balaban J connectivity index is 2.15. The van der Waals surface area contributed by atoms with Gasteiger partial charge >= 0.3 is 0 Å². The lowest BCUT2D eigenvalue weighted by Gasteiger charge is -2.11. The zero-order chi connectivity index (χ0) is 18.6. The van der Waals surface area contributed by atoms with Crippen molar-refractivity contribution in [1.29, 1.82) is 0 Å². The maximum absolute atomic E-state index is 12.0. The second-order valence-electron chi connectivity index (χ2n) is 5.47. The normalized spacial score (nSPS) is 12.2. The van der Waals surface area contributed by atoms with Crippen LogP contribution in [0.1, 0.15) is 22.8 Å². The number of carbonyl (C=O) groups excluding carboxylic acids is 1. The second kappa shape index (κ2) is 7.45. The summed E-state index contributed by atoms with van der Waals surface area (Å²) < 4.78 is 25.2. The molecule has 132 valence electrons. The number of nitrogens with zero attached hydrogens (tertiary/aromatic N) is 2. The monoisotopic (exact) mass is 361 g/mol. The molecule has 0 atom stereocenters. The maximum Gasteiger partial charge on any atom is 0.275 e. The molecular formula is C17H19N3O4S. The van der Waals surface area contributed by atoms with Gasteiger partial charge in [0.2, 0.25) is 10.0 Å². The summed E-state index contributed by atoms with van der Waals surface area (Å²) in [5.41, 5.74) is 3.64. The fourth-order valence-corrected chi connectivity index (χ4v) is 2.91. The average Bonchev–Trinajstić information content (AvgIpc) is 2.59. The molecule has 0 heterocycles. The zero-order valence-electron chi connectivity index (χ0n) is 14.1. The van der Waals surface area contributed by atoms with E-state index in [0.717, 1.165) is 4.31 Å². The van der Waals surface area contributed by atoms with Gasteiger partial charge in [0.25, 0.3) is 5.91 Å². The molecule has 0 saturated heterocycles. The van der Waals surface area contributed by atoms with Gasteiger partial charge in [-0.3, -0.25) is 4.79 Å². The average molecular weight is 361 g/mol. The highest BCUT2D eigenvalue weighted by molar-refractivity contribution is 7.89. The summed E-state index contributed by atoms with van der Waals surface area (Å²) in [5.74, 6) is -0.671. The Bertz CT molecular complexity index is 904. The van der Waals surface area contributed by atoms with E-state index in [4.69, 9.17) is 0 Å². The number of carbonyl (C=O) groups is 1. The van der Waals surface area contributed by atoms with E-state index in [0.29, 0.717) is 11.3 Å². The van der Waals surface area contributed by atoms with Crippen LogP contribution >= 0.6 is 0 Å². The zero-order valence-corrected chi connectivity index (χ0v) is 14.9. The van der Waals surface area contributed by atoms with Crippen molar-refractivity contribution in [2.75, 3.05) is 14.1 Å². The van der Waals surface area contributed by atoms with Gasteiger partial charge in [-0.25, -0.2) is 18.1 Å². The predicted molar refractivity (Wildman–Crippen MR) is 95.1 cm³/mol. The molecule has 0 unspecified atom stereocenters. The third-order valence-electron chi connectivity index (χ3n) is 3.52. The molecule has 2 aromatic rings. The number of hydrogen-bond acceptors (Lipinski definition) is 5. The number of aromatic hydroxyl groups is 1. The van der Waals surface area contributed by atoms with Gasteiger partial charge in [0.05, 0.1) is 16.2 Å². The van der Waals surface area contributed by atoms with Gasteiger partial charge in [-0.15, -0.1) is 0 Å². The van der Waals surface area contributed by atoms with Crippen molar-refractivity contribution in [3.8, 4) is 5.75 Å². The second-order valence-corrected chi connectivity index (χ2v) is 7.62. The van der Waals surface area contributed by atoms with Crippen LogP contribution in [0.25, 0.3) is 0 Å². The van der Waals surface area contributed by atoms with Gasteiger partial charge in [-0.2, -0.15) is 5.10 Å². The lowest BCUT2D eigenvalue weighted by Crippen LogP contribution is -2.22. The van der Waals surface area contributed by atoms with E-state index < -0.39 is 15.9 Å². The number of nitrogens with one attached hydrogen (secondary N) is 1. The molecule has 2 N–H and O–H groups in total. The van der Waals surface area contributed by atoms with E-state index in [1.54, 1.807) is 31.2 Å². The van der Waals surface area contributed by atoms with E-state index in [1.807, 2.05) is 0 Å². The summed E-state index contributed by atoms with van der Waals surface area (Å²) >= 11 is 0. The lowest BCUT2D eigenvalue weighted by atomic mass is 10.1. The van der Waals surface area contributed by atoms with Crippen LogP contribution in [-0.4, -0.2) is 43.5 Å². The molecule has 0 aromatic heterocycles. The number of rotatable bonds is 5. The van der Waals surface area contributed by atoms with E-state index in [1.165, 1.54) is 38.4 Å². The van der Waals surface area contributed by atoms with E-state index in [2.05, 4.69) is 10.5 Å². The van der Waals surface area contributed by atoms with Gasteiger partial charge in [-0.1, -0.05) is 24.3 Å². The molecule has 0 aliphatic heterocycles. The van der Waals surface area contributed by atoms with Crippen molar-refractivity contribution >= 4 is 21.6 Å². The Morgan fingerprint density at radius 1 is 1.08 bits per heavy atom. The van der Waals surface area contributed by atoms with Crippen LogP contribution in [0.3, 0.4) is 0 Å². The Kier molecular flexibility index (Phi) is 5.55. The predicted octanol–water partition coefficient (Wildman–Crippen LogP) is 1.80. The number of hydrazone groups is 1. The Morgan fingerprint density at radius 2 is 1.68 bits per heavy atom. The van der Waals surface area contributed by atoms with Gasteiger partial charge < -0.3 is 5.11 Å². The molecular weight excluding hydrogens is 342 g/mol. The number of hydrogen-bond donors (Lipinski definition) is 2. The highest BCUT2D eigenvalue weighted by atomic mass is 32.2. The van der Waals surface area contributed by atoms with E-state index in [-0.39, 0.29) is 16.2 Å². The fraction of sp³-hybridized carbons (Fsp3) is 0.176. The summed E-state index contributed by atoms with van der Waals surface area (Å²) in [6.07, 6.45) is 0. The molecule has 2 aromatic carbocycles. The van der Waals surface area contributed by atoms with Crippen molar-refractivity contribution in [2.24, 2.45) is 5.10 Å². The molecule has 0 radical (unpaired) electrons. The number of benzene rings is 2. The highest BCUT2D eigenvalue weighted by Crippen LogP contribution is 2.16. The van der Waals surface area contributed by atoms with Gasteiger partial charge in [0.15, 0.2) is 0 Å². The fourth-order valence-electron chi connectivity index (χ4n) is 2.00. The molecule has 0 bridgehead atoms. The van der Waals surface area contributed by atoms with E-state index in [9.17, 15) is 18.3 Å². The molecule has 7 nitrogen and oxygen atoms in total. The van der Waals surface area contributed by atoms with Crippen molar-refractivity contribution in [3.63, 3.8) is 0 Å². The van der Waals surface area contributed by atoms with Crippen molar-refractivity contribution in [1.82, 2.24) is 9.73 Å². The lowest BCUT2D eigenvalue weighted by molar-refractivity contribution is 0.0952. The number of phenolic OH excluding ortho intramolecular Hbond substituents is 1. The summed E-state index contributed by atoms with van der Waals surface area (Å²) in [7, 11) is -0.564. The third-order valence-corrected chi connectivity index (χ3v) is 5.35. The van der Waals surface area contributed by atoms with E-state index >= 15 is 0 Å². The summed E-state index contributed by atoms with van der Waals surface area (Å²) in [6.45, 7) is 1.68. The van der Waals surface area contributed by atoms with Crippen LogP contribution in [0.5, 0.6) is 5.75 Å². The van der Waals surface area contributed by atoms with Crippen LogP contribution in [0.2, 0.25) is 0 Å². The minimum Gasteiger partial charge on any atom is -0.507 e. The largest absolute Gasteiger partial charge is 0.507 e. The molecule has 0 saturated carbocycles. The first-order valence-electron chi connectivity index (χ1n) is 7.39. The summed E-state index contributed by atoms with van der Waals surface area (Å²) in [4.78, 5) is 12.2. The minimum atomic E-state index is -3.49. The molecule has 0 spiro atoms. The van der Waals surface area contributed by atoms with Gasteiger partial charge in [0, 0.05) is 14.1 Å². The Hall–Kier alpha value is -2.71. The van der Waals surface area contributed by atoms with Crippen molar-refractivity contribution < 1.29 is 18.3 Å². The number of amides is 1. The minimum absolute atomic E-state index is 0.117. The van der Waals surface area contributed by atoms with Crippen LogP contribution in [-0.2, 0) is 10.0 Å². The Labute approximate surface area is 146 Å². The molecule has 0 aliphatic carbocycles. The smallest absolute Gasteiger partial charge is 0.275 e. The van der Waals surface area contributed by atoms with Crippen LogP contribution in [0, 0.1) is 0 Å². The molecule has 2 rings (SSSR count). The van der Waals surface area contributed by atoms with Crippen LogP contribution < -0.4 is 5.43 Å². The molecule has 0 aliphatic rings. The first kappa shape index (κ1) is 18.6. The molecule has 8 heteroatoms. The van der Waals surface area contributed by atoms with Crippen molar-refractivity contribution in [3.05, 3.63) is 59.7 Å². The van der Waals surface area contributed by atoms with Gasteiger partial charge in [-0.05, 0) is 36.8 Å². The topological polar surface area (TPSA) is 99.1 Å². The first-order chi connectivity index (χ1) is 11.7. The number of sulfonamides is 1. The van der Waals surface area contributed by atoms with Gasteiger partial charge in [0.1, 0.15) is 5.75 Å². The van der Waals surface area contributed by atoms with Crippen LogP contribution in [0.15, 0.2) is 58.5 Å². The van der Waals surface area contributed by atoms with Crippen LogP contribution in [0.4, 0.5) is 0 Å². The summed E-state index contributed by atoms with van der Waals surface area (Å²) in [5, 5.41) is 13.6. The quantitative estimate of drug-likeness (QED) is 0.626. The number of para-hydroxylation sites is 1.